The molecule has 1 heterocycles. The third kappa shape index (κ3) is 2.20. The van der Waals surface area contributed by atoms with Crippen molar-refractivity contribution in [2.75, 3.05) is 6.26 Å². The van der Waals surface area contributed by atoms with E-state index in [2.05, 4.69) is 40.7 Å². The van der Waals surface area contributed by atoms with E-state index in [1.807, 2.05) is 0 Å². The van der Waals surface area contributed by atoms with Gasteiger partial charge < -0.3 is 4.90 Å². The van der Waals surface area contributed by atoms with Crippen molar-refractivity contribution in [2.45, 2.75) is 61.2 Å². The van der Waals surface area contributed by atoms with Gasteiger partial charge in [-0.1, -0.05) is 25.0 Å². The Kier molecular flexibility index (Phi) is 3.27. The minimum atomic E-state index is -0.217. The average Bonchev–Trinajstić information content (AvgIpc) is 2.99. The highest BCUT2D eigenvalue weighted by Crippen LogP contribution is 2.48. The molecule has 4 rings (SSSR count). The molecule has 3 aliphatic rings. The molecule has 1 atom stereocenters. The van der Waals surface area contributed by atoms with Crippen molar-refractivity contribution < 1.29 is 4.79 Å². The Balaban J connectivity index is 1.65. The molecule has 1 saturated heterocycles. The number of thioether (sulfide) groups is 1. The Hall–Kier alpha value is -1.00. The highest BCUT2D eigenvalue weighted by Gasteiger charge is 2.60. The molecule has 112 valence electrons. The molecule has 1 aromatic carbocycles. The quantitative estimate of drug-likeness (QED) is 0.869. The molecule has 0 radical (unpaired) electrons. The molecular weight excluding hydrogens is 280 g/mol. The zero-order chi connectivity index (χ0) is 14.4. The molecule has 1 amide bonds. The zero-order valence-electron chi connectivity index (χ0n) is 12.5. The van der Waals surface area contributed by atoms with Gasteiger partial charge in [0.05, 0.1) is 0 Å². The van der Waals surface area contributed by atoms with E-state index >= 15 is 0 Å². The lowest BCUT2D eigenvalue weighted by Gasteiger charge is -2.30. The molecule has 4 heteroatoms. The van der Waals surface area contributed by atoms with E-state index < -0.39 is 0 Å². The second-order valence-corrected chi connectivity index (χ2v) is 7.43. The molecule has 21 heavy (non-hydrogen) atoms. The van der Waals surface area contributed by atoms with Crippen LogP contribution in [0.2, 0.25) is 0 Å². The molecule has 2 aliphatic carbocycles. The van der Waals surface area contributed by atoms with E-state index in [1.54, 1.807) is 11.8 Å². The number of nitrogens with one attached hydrogen (secondary N) is 1. The first-order valence-corrected chi connectivity index (χ1v) is 9.20. The van der Waals surface area contributed by atoms with E-state index in [1.165, 1.54) is 36.1 Å². The predicted octanol–water partition coefficient (Wildman–Crippen LogP) is 3.31. The number of rotatable bonds is 3. The Bertz CT molecular complexity index is 546. The lowest BCUT2D eigenvalue weighted by Crippen LogP contribution is -2.39. The minimum absolute atomic E-state index is 0.0824. The fourth-order valence-corrected chi connectivity index (χ4v) is 4.24. The molecule has 1 spiro atoms. The molecule has 0 aromatic heterocycles. The molecule has 0 bridgehead atoms. The topological polar surface area (TPSA) is 32.3 Å². The predicted molar refractivity (Wildman–Crippen MR) is 85.2 cm³/mol. The van der Waals surface area contributed by atoms with Gasteiger partial charge in [-0.05, 0) is 49.6 Å². The summed E-state index contributed by atoms with van der Waals surface area (Å²) in [4.78, 5) is 16.3. The van der Waals surface area contributed by atoms with Gasteiger partial charge in [0.25, 0.3) is 0 Å². The Labute approximate surface area is 130 Å². The van der Waals surface area contributed by atoms with Crippen molar-refractivity contribution in [3.63, 3.8) is 0 Å². The third-order valence-electron chi connectivity index (χ3n) is 5.23. The molecule has 1 aromatic rings. The molecule has 1 unspecified atom stereocenters. The lowest BCUT2D eigenvalue weighted by atomic mass is 10.1. The first-order chi connectivity index (χ1) is 10.2. The number of hydrogen-bond donors (Lipinski definition) is 1. The van der Waals surface area contributed by atoms with E-state index in [4.69, 9.17) is 0 Å². The highest BCUT2D eigenvalue weighted by molar-refractivity contribution is 7.98. The maximum Gasteiger partial charge on any atom is 0.244 e. The van der Waals surface area contributed by atoms with Gasteiger partial charge in [-0.3, -0.25) is 10.1 Å². The number of carbonyl (C=O) groups excluding carboxylic acids is 1. The molecule has 2 saturated carbocycles. The van der Waals surface area contributed by atoms with E-state index in [9.17, 15) is 4.79 Å². The van der Waals surface area contributed by atoms with Crippen LogP contribution in [0.5, 0.6) is 0 Å². The number of hydrogen-bond acceptors (Lipinski definition) is 3. The summed E-state index contributed by atoms with van der Waals surface area (Å²) in [7, 11) is 0. The summed E-state index contributed by atoms with van der Waals surface area (Å²) in [6.45, 7) is 0. The number of amides is 1. The van der Waals surface area contributed by atoms with Crippen LogP contribution in [0.15, 0.2) is 29.2 Å². The van der Waals surface area contributed by atoms with E-state index in [0.717, 1.165) is 12.8 Å². The van der Waals surface area contributed by atoms with Crippen LogP contribution in [0.1, 0.15) is 50.3 Å². The van der Waals surface area contributed by atoms with Crippen LogP contribution in [0.4, 0.5) is 0 Å². The van der Waals surface area contributed by atoms with Gasteiger partial charge in [-0.2, -0.15) is 0 Å². The second kappa shape index (κ2) is 5.03. The monoisotopic (exact) mass is 302 g/mol. The first-order valence-electron chi connectivity index (χ1n) is 7.98. The van der Waals surface area contributed by atoms with E-state index in [0.29, 0.717) is 11.9 Å². The molecule has 1 aliphatic heterocycles. The maximum atomic E-state index is 12.8. The zero-order valence-corrected chi connectivity index (χ0v) is 13.3. The summed E-state index contributed by atoms with van der Waals surface area (Å²) in [6.07, 6.45) is 9.06. The highest BCUT2D eigenvalue weighted by atomic mass is 32.2. The van der Waals surface area contributed by atoms with Crippen molar-refractivity contribution in [3.8, 4) is 0 Å². The Morgan fingerprint density at radius 1 is 1.19 bits per heavy atom. The first kappa shape index (κ1) is 13.6. The van der Waals surface area contributed by atoms with Crippen LogP contribution in [0.3, 0.4) is 0 Å². The van der Waals surface area contributed by atoms with Gasteiger partial charge >= 0.3 is 0 Å². The summed E-state index contributed by atoms with van der Waals surface area (Å²) in [5.74, 6) is 0.355. The summed E-state index contributed by atoms with van der Waals surface area (Å²) in [6, 6.07) is 9.13. The summed E-state index contributed by atoms with van der Waals surface area (Å²) in [5.41, 5.74) is 1.02. The van der Waals surface area contributed by atoms with Crippen molar-refractivity contribution >= 4 is 17.7 Å². The van der Waals surface area contributed by atoms with Gasteiger partial charge in [-0.15, -0.1) is 11.8 Å². The van der Waals surface area contributed by atoms with Gasteiger partial charge in [0.2, 0.25) is 5.91 Å². The standard InChI is InChI=1S/C17H22N2OS/c1-21-14-8-6-12(7-9-14)15-18-17(10-11-17)16(20)19(15)13-4-2-3-5-13/h6-9,13,15,18H,2-5,10-11H2,1H3. The number of benzene rings is 1. The van der Waals surface area contributed by atoms with Crippen molar-refractivity contribution in [1.29, 1.82) is 0 Å². The fraction of sp³-hybridized carbons (Fsp3) is 0.588. The lowest BCUT2D eigenvalue weighted by molar-refractivity contribution is -0.133. The van der Waals surface area contributed by atoms with Crippen LogP contribution < -0.4 is 5.32 Å². The van der Waals surface area contributed by atoms with Crippen molar-refractivity contribution in [3.05, 3.63) is 29.8 Å². The Morgan fingerprint density at radius 2 is 1.86 bits per heavy atom. The largest absolute Gasteiger partial charge is 0.318 e. The van der Waals surface area contributed by atoms with Crippen LogP contribution in [-0.4, -0.2) is 28.6 Å². The summed E-state index contributed by atoms with van der Waals surface area (Å²) in [5, 5.41) is 3.64. The SMILES string of the molecule is CSc1ccc(C2NC3(CC3)C(=O)N2C2CCCC2)cc1. The van der Waals surface area contributed by atoms with E-state index in [-0.39, 0.29) is 11.7 Å². The van der Waals surface area contributed by atoms with Crippen LogP contribution in [-0.2, 0) is 4.79 Å². The Morgan fingerprint density at radius 3 is 2.43 bits per heavy atom. The van der Waals surface area contributed by atoms with Crippen molar-refractivity contribution in [2.24, 2.45) is 0 Å². The van der Waals surface area contributed by atoms with Crippen molar-refractivity contribution in [1.82, 2.24) is 10.2 Å². The summed E-state index contributed by atoms with van der Waals surface area (Å²) >= 11 is 1.76. The van der Waals surface area contributed by atoms with Gasteiger partial charge in [0.1, 0.15) is 11.7 Å². The smallest absolute Gasteiger partial charge is 0.244 e. The molecule has 3 fully saturated rings. The van der Waals surface area contributed by atoms with Gasteiger partial charge in [-0.25, -0.2) is 0 Å². The number of carbonyl (C=O) groups is 1. The van der Waals surface area contributed by atoms with Crippen LogP contribution in [0, 0.1) is 0 Å². The molecule has 3 nitrogen and oxygen atoms in total. The second-order valence-electron chi connectivity index (χ2n) is 6.55. The third-order valence-corrected chi connectivity index (χ3v) is 5.98. The number of nitrogens with zero attached hydrogens (tertiary/aromatic N) is 1. The van der Waals surface area contributed by atoms with Crippen LogP contribution in [0.25, 0.3) is 0 Å². The van der Waals surface area contributed by atoms with Gasteiger partial charge in [0, 0.05) is 10.9 Å². The minimum Gasteiger partial charge on any atom is -0.318 e. The maximum absolute atomic E-state index is 12.8. The average molecular weight is 302 g/mol. The van der Waals surface area contributed by atoms with Crippen LogP contribution >= 0.6 is 11.8 Å². The normalized spacial score (nSPS) is 27.8. The van der Waals surface area contributed by atoms with Gasteiger partial charge in [0.15, 0.2) is 0 Å². The summed E-state index contributed by atoms with van der Waals surface area (Å²) < 4.78 is 0. The fourth-order valence-electron chi connectivity index (χ4n) is 3.83. The molecular formula is C17H22N2OS. The molecule has 1 N–H and O–H groups in total.